The van der Waals surface area contributed by atoms with Crippen LogP contribution in [0.3, 0.4) is 0 Å². The lowest BCUT2D eigenvalue weighted by atomic mass is 9.80. The van der Waals surface area contributed by atoms with Crippen LogP contribution >= 0.6 is 20.3 Å². The molecule has 15 heteroatoms. The molecular formula is C50H56F3N4O6PS. The molecular weight excluding hydrogens is 873 g/mol. The van der Waals surface area contributed by atoms with Crippen LogP contribution in [0.5, 0.6) is 11.5 Å². The number of ether oxygens (including phenoxy) is 3. The summed E-state index contributed by atoms with van der Waals surface area (Å²) in [6.45, 7) is 7.24. The van der Waals surface area contributed by atoms with Crippen LogP contribution in [0.1, 0.15) is 57.2 Å². The molecule has 1 aliphatic rings. The fourth-order valence-corrected chi connectivity index (χ4v) is 10.8. The van der Waals surface area contributed by atoms with Crippen molar-refractivity contribution in [3.05, 3.63) is 144 Å². The van der Waals surface area contributed by atoms with Gasteiger partial charge in [-0.1, -0.05) is 90.6 Å². The van der Waals surface area contributed by atoms with Crippen molar-refractivity contribution in [3.63, 3.8) is 0 Å². The van der Waals surface area contributed by atoms with E-state index in [1.54, 1.807) is 26.0 Å². The summed E-state index contributed by atoms with van der Waals surface area (Å²) in [5.41, 5.74) is 2.67. The number of nitrogens with zero attached hydrogens (tertiary/aromatic N) is 4. The number of hydrogen-bond acceptors (Lipinski definition) is 10. The van der Waals surface area contributed by atoms with Crippen LogP contribution in [-0.2, 0) is 24.2 Å². The summed E-state index contributed by atoms with van der Waals surface area (Å²) in [4.78, 5) is 18.6. The van der Waals surface area contributed by atoms with E-state index in [9.17, 15) is 23.2 Å². The van der Waals surface area contributed by atoms with Gasteiger partial charge in [0.15, 0.2) is 0 Å². The van der Waals surface area contributed by atoms with E-state index in [2.05, 4.69) is 11.0 Å². The highest BCUT2D eigenvalue weighted by atomic mass is 32.2. The number of fused-ring (bicyclic) bond motifs is 2. The first kappa shape index (κ1) is 49.3. The van der Waals surface area contributed by atoms with Gasteiger partial charge in [-0.2, -0.15) is 18.4 Å². The number of rotatable bonds is 22. The Bertz CT molecular complexity index is 2230. The van der Waals surface area contributed by atoms with E-state index >= 15 is 0 Å². The average molecular weight is 929 g/mol. The molecule has 65 heavy (non-hydrogen) atoms. The lowest BCUT2D eigenvalue weighted by molar-refractivity contribution is -0.187. The molecule has 1 aliphatic heterocycles. The quantitative estimate of drug-likeness (QED) is 0.0379. The maximum absolute atomic E-state index is 14.7. The number of nitriles is 1. The molecule has 0 saturated heterocycles. The molecule has 0 radical (unpaired) electrons. The predicted molar refractivity (Wildman–Crippen MR) is 250 cm³/mol. The molecule has 6 rings (SSSR count). The number of alkyl halides is 3. The normalized spacial score (nSPS) is 13.6. The second-order valence-corrected chi connectivity index (χ2v) is 18.4. The molecule has 0 N–H and O–H groups in total. The Labute approximate surface area is 386 Å². The van der Waals surface area contributed by atoms with Crippen molar-refractivity contribution in [2.45, 2.75) is 80.3 Å². The zero-order valence-corrected chi connectivity index (χ0v) is 39.2. The van der Waals surface area contributed by atoms with Crippen molar-refractivity contribution in [2.24, 2.45) is 0 Å². The molecule has 5 aromatic carbocycles. The summed E-state index contributed by atoms with van der Waals surface area (Å²) in [6, 6.07) is 42.0. The molecule has 0 bridgehead atoms. The zero-order chi connectivity index (χ0) is 46.6. The third-order valence-corrected chi connectivity index (χ3v) is 14.2. The van der Waals surface area contributed by atoms with Crippen LogP contribution in [0, 0.1) is 11.3 Å². The topological polar surface area (TPSA) is 96.7 Å². The summed E-state index contributed by atoms with van der Waals surface area (Å²) in [5, 5.41) is 9.46. The van der Waals surface area contributed by atoms with Gasteiger partial charge in [0.25, 0.3) is 8.53 Å². The Morgan fingerprint density at radius 1 is 0.754 bits per heavy atom. The number of carbonyl (C=O) groups excluding carboxylic acids is 1. The van der Waals surface area contributed by atoms with E-state index < -0.39 is 38.9 Å². The van der Waals surface area contributed by atoms with Crippen LogP contribution in [0.15, 0.2) is 137 Å². The van der Waals surface area contributed by atoms with Crippen LogP contribution in [-0.4, -0.2) is 86.9 Å². The highest BCUT2D eigenvalue weighted by Gasteiger charge is 2.45. The number of para-hydroxylation sites is 2. The standard InChI is InChI=1S/C50H56F3N4O6PS/c1-36(2)57(37(3)4)64(62-33-14-30-54)63-43(34-55(48(58)50(51,52)53)31-15-32-56-44-18-10-12-20-46(44)65-47-21-13-11-19-45(47)56)35-61-49(38-16-8-7-9-17-38,39-22-26-41(59-5)27-23-39)40-24-28-42(60-6)29-25-40/h7-13,16-29,36-37,43H,14-15,31-35H2,1-6H3/t43-,64?/m0/s1. The fraction of sp³-hybridized carbons (Fsp3) is 0.360. The molecule has 2 atom stereocenters. The van der Waals surface area contributed by atoms with Gasteiger partial charge in [0, 0.05) is 41.5 Å². The number of hydrogen-bond donors (Lipinski definition) is 0. The molecule has 5 aromatic rings. The predicted octanol–water partition coefficient (Wildman–Crippen LogP) is 11.8. The first-order chi connectivity index (χ1) is 31.3. The van der Waals surface area contributed by atoms with Crippen molar-refractivity contribution >= 4 is 37.6 Å². The van der Waals surface area contributed by atoms with E-state index in [1.807, 2.05) is 160 Å². The van der Waals surface area contributed by atoms with Gasteiger partial charge in [-0.15, -0.1) is 0 Å². The molecule has 1 unspecified atom stereocenters. The van der Waals surface area contributed by atoms with Crippen molar-refractivity contribution in [2.75, 3.05) is 52.0 Å². The lowest BCUT2D eigenvalue weighted by Crippen LogP contribution is -2.48. The Balaban J connectivity index is 1.42. The van der Waals surface area contributed by atoms with Crippen molar-refractivity contribution < 1.29 is 41.2 Å². The molecule has 1 heterocycles. The Kier molecular flexibility index (Phi) is 17.3. The molecule has 1 amide bonds. The van der Waals surface area contributed by atoms with Crippen LogP contribution in [0.25, 0.3) is 0 Å². The van der Waals surface area contributed by atoms with Gasteiger partial charge in [-0.05, 0) is 99.3 Å². The number of amides is 1. The van der Waals surface area contributed by atoms with E-state index in [1.165, 1.54) is 0 Å². The second kappa shape index (κ2) is 22.9. The minimum absolute atomic E-state index is 0.0274. The summed E-state index contributed by atoms with van der Waals surface area (Å²) in [7, 11) is 1.16. The van der Waals surface area contributed by atoms with Crippen molar-refractivity contribution in [3.8, 4) is 17.6 Å². The van der Waals surface area contributed by atoms with Gasteiger partial charge >= 0.3 is 12.1 Å². The summed E-state index contributed by atoms with van der Waals surface area (Å²) in [6.07, 6.45) is -6.07. The van der Waals surface area contributed by atoms with E-state index in [-0.39, 0.29) is 44.7 Å². The number of halogens is 3. The van der Waals surface area contributed by atoms with Crippen LogP contribution in [0.2, 0.25) is 0 Å². The van der Waals surface area contributed by atoms with E-state index in [4.69, 9.17) is 23.3 Å². The summed E-state index contributed by atoms with van der Waals surface area (Å²) in [5.74, 6) is -0.753. The number of anilines is 2. The number of benzene rings is 5. The van der Waals surface area contributed by atoms with E-state index in [0.29, 0.717) is 29.2 Å². The number of methoxy groups -OCH3 is 2. The third-order valence-electron chi connectivity index (χ3n) is 10.9. The van der Waals surface area contributed by atoms with Gasteiger partial charge < -0.3 is 33.1 Å². The zero-order valence-electron chi connectivity index (χ0n) is 37.5. The molecule has 0 saturated carbocycles. The first-order valence-corrected chi connectivity index (χ1v) is 23.5. The smallest absolute Gasteiger partial charge is 0.471 e. The molecule has 0 aliphatic carbocycles. The van der Waals surface area contributed by atoms with Crippen LogP contribution in [0.4, 0.5) is 24.5 Å². The summed E-state index contributed by atoms with van der Waals surface area (Å²) < 4.78 is 77.6. The molecule has 0 fully saturated rings. The number of carbonyl (C=O) groups is 1. The molecule has 0 aromatic heterocycles. The summed E-state index contributed by atoms with van der Waals surface area (Å²) >= 11 is 1.64. The Morgan fingerprint density at radius 3 is 1.75 bits per heavy atom. The van der Waals surface area contributed by atoms with E-state index in [0.717, 1.165) is 31.6 Å². The fourth-order valence-electron chi connectivity index (χ4n) is 7.97. The molecule has 0 spiro atoms. The Hall–Kier alpha value is -5.13. The average Bonchev–Trinajstić information content (AvgIpc) is 3.31. The van der Waals surface area contributed by atoms with Crippen LogP contribution < -0.4 is 14.4 Å². The molecule has 10 nitrogen and oxygen atoms in total. The van der Waals surface area contributed by atoms with Gasteiger partial charge in [-0.25, -0.2) is 4.67 Å². The third kappa shape index (κ3) is 12.0. The van der Waals surface area contributed by atoms with Crippen molar-refractivity contribution in [1.29, 1.82) is 5.26 Å². The maximum Gasteiger partial charge on any atom is 0.471 e. The maximum atomic E-state index is 14.7. The minimum atomic E-state index is -5.18. The highest BCUT2D eigenvalue weighted by Crippen LogP contribution is 2.50. The van der Waals surface area contributed by atoms with Gasteiger partial charge in [0.1, 0.15) is 23.2 Å². The minimum Gasteiger partial charge on any atom is -0.497 e. The molecule has 344 valence electrons. The second-order valence-electron chi connectivity index (χ2n) is 15.9. The van der Waals surface area contributed by atoms with Gasteiger partial charge in [0.05, 0.1) is 51.3 Å². The van der Waals surface area contributed by atoms with Gasteiger partial charge in [-0.3, -0.25) is 4.79 Å². The van der Waals surface area contributed by atoms with Gasteiger partial charge in [0.2, 0.25) is 0 Å². The first-order valence-electron chi connectivity index (χ1n) is 21.5. The highest BCUT2D eigenvalue weighted by molar-refractivity contribution is 7.99. The largest absolute Gasteiger partial charge is 0.497 e. The SMILES string of the molecule is COc1ccc(C(OC[C@H](CN(CCCN2c3ccccc3Sc3ccccc32)C(=O)C(F)(F)F)OP(OCCC#N)N(C(C)C)C(C)C)(c2ccccc2)c2ccc(OC)cc2)cc1. The van der Waals surface area contributed by atoms with Crippen molar-refractivity contribution in [1.82, 2.24) is 9.57 Å². The lowest BCUT2D eigenvalue weighted by Gasteiger charge is -2.40. The Morgan fingerprint density at radius 2 is 1.26 bits per heavy atom. The monoisotopic (exact) mass is 928 g/mol.